The Balaban J connectivity index is 1.38. The lowest BCUT2D eigenvalue weighted by atomic mass is 10.1. The molecule has 1 aliphatic rings. The van der Waals surface area contributed by atoms with Crippen molar-refractivity contribution in [2.45, 2.75) is 32.4 Å². The third-order valence-electron chi connectivity index (χ3n) is 5.51. The summed E-state index contributed by atoms with van der Waals surface area (Å²) in [5, 5.41) is 11.2. The second-order valence-corrected chi connectivity index (χ2v) is 7.70. The van der Waals surface area contributed by atoms with E-state index in [-0.39, 0.29) is 17.8 Å². The van der Waals surface area contributed by atoms with Gasteiger partial charge in [-0.15, -0.1) is 5.10 Å². The maximum absolute atomic E-state index is 12.6. The van der Waals surface area contributed by atoms with E-state index in [1.54, 1.807) is 0 Å². The number of H-pyrrole nitrogens is 2. The second kappa shape index (κ2) is 7.63. The summed E-state index contributed by atoms with van der Waals surface area (Å²) < 4.78 is 0. The Morgan fingerprint density at radius 3 is 3.00 bits per heavy atom. The van der Waals surface area contributed by atoms with E-state index >= 15 is 0 Å². The van der Waals surface area contributed by atoms with Gasteiger partial charge in [0.2, 0.25) is 11.8 Å². The van der Waals surface area contributed by atoms with Gasteiger partial charge in [0.1, 0.15) is 0 Å². The number of amides is 1. The molecule has 4 rings (SSSR count). The highest BCUT2D eigenvalue weighted by Crippen LogP contribution is 2.19. The molecule has 0 saturated carbocycles. The number of para-hydroxylation sites is 1. The zero-order valence-corrected chi connectivity index (χ0v) is 16.6. The number of hydrogen-bond acceptors (Lipinski definition) is 5. The summed E-state index contributed by atoms with van der Waals surface area (Å²) in [5.41, 5.74) is 2.30. The van der Waals surface area contributed by atoms with Crippen molar-refractivity contribution in [3.63, 3.8) is 0 Å². The molecule has 28 heavy (non-hydrogen) atoms. The van der Waals surface area contributed by atoms with Gasteiger partial charge in [-0.2, -0.15) is 4.98 Å². The Labute approximate surface area is 164 Å². The number of likely N-dealkylation sites (N-methyl/N-ethyl adjacent to an activating group) is 1. The fraction of sp³-hybridized carbons (Fsp3) is 0.450. The van der Waals surface area contributed by atoms with Crippen molar-refractivity contribution in [2.75, 3.05) is 31.6 Å². The minimum Gasteiger partial charge on any atom is -0.361 e. The SMILES string of the molecule is CC(Cc1c[nH]c2ccccc12)NC(=O)c1nc(N2CCN(C)[C@H](C)C2)n[nH]1. The van der Waals surface area contributed by atoms with Crippen LogP contribution < -0.4 is 10.2 Å². The van der Waals surface area contributed by atoms with Crippen molar-refractivity contribution in [3.05, 3.63) is 41.9 Å². The summed E-state index contributed by atoms with van der Waals surface area (Å²) >= 11 is 0. The van der Waals surface area contributed by atoms with Gasteiger partial charge in [0.15, 0.2) is 0 Å². The molecular weight excluding hydrogens is 354 g/mol. The molecule has 3 aromatic rings. The van der Waals surface area contributed by atoms with E-state index in [1.807, 2.05) is 25.3 Å². The highest BCUT2D eigenvalue weighted by Gasteiger charge is 2.24. The molecule has 3 heterocycles. The van der Waals surface area contributed by atoms with Gasteiger partial charge in [0, 0.05) is 48.8 Å². The maximum Gasteiger partial charge on any atom is 0.288 e. The molecule has 2 atom stereocenters. The standard InChI is InChI=1S/C20H27N7O/c1-13(10-15-11-21-17-7-5-4-6-16(15)17)22-19(28)18-23-20(25-24-18)27-9-8-26(3)14(2)12-27/h4-7,11,13-14,21H,8-10,12H2,1-3H3,(H,22,28)(H,23,24,25)/t13?,14-/m1/s1. The van der Waals surface area contributed by atoms with Gasteiger partial charge < -0.3 is 20.1 Å². The second-order valence-electron chi connectivity index (χ2n) is 7.70. The van der Waals surface area contributed by atoms with Crippen LogP contribution in [-0.2, 0) is 6.42 Å². The molecule has 1 unspecified atom stereocenters. The fourth-order valence-corrected chi connectivity index (χ4v) is 3.70. The lowest BCUT2D eigenvalue weighted by Gasteiger charge is -2.37. The van der Waals surface area contributed by atoms with Crippen LogP contribution >= 0.6 is 0 Å². The number of anilines is 1. The van der Waals surface area contributed by atoms with Gasteiger partial charge >= 0.3 is 0 Å². The molecule has 2 aromatic heterocycles. The zero-order valence-electron chi connectivity index (χ0n) is 16.6. The first-order chi connectivity index (χ1) is 13.5. The van der Waals surface area contributed by atoms with Crippen molar-refractivity contribution in [1.82, 2.24) is 30.4 Å². The first-order valence-corrected chi connectivity index (χ1v) is 9.74. The molecule has 1 saturated heterocycles. The van der Waals surface area contributed by atoms with E-state index in [2.05, 4.69) is 61.4 Å². The third kappa shape index (κ3) is 3.73. The van der Waals surface area contributed by atoms with Gasteiger partial charge in [-0.3, -0.25) is 9.89 Å². The summed E-state index contributed by atoms with van der Waals surface area (Å²) in [4.78, 5) is 24.7. The fourth-order valence-electron chi connectivity index (χ4n) is 3.70. The number of nitrogens with one attached hydrogen (secondary N) is 3. The topological polar surface area (TPSA) is 92.9 Å². The Bertz CT molecular complexity index is 962. The van der Waals surface area contributed by atoms with Gasteiger partial charge in [-0.1, -0.05) is 18.2 Å². The van der Waals surface area contributed by atoms with E-state index in [9.17, 15) is 4.79 Å². The van der Waals surface area contributed by atoms with Crippen LogP contribution in [0.3, 0.4) is 0 Å². The van der Waals surface area contributed by atoms with Gasteiger partial charge in [-0.25, -0.2) is 0 Å². The third-order valence-corrected chi connectivity index (χ3v) is 5.51. The molecule has 0 bridgehead atoms. The Kier molecular flexibility index (Phi) is 5.04. The average Bonchev–Trinajstić information content (AvgIpc) is 3.32. The summed E-state index contributed by atoms with van der Waals surface area (Å²) in [6.07, 6.45) is 2.75. The molecule has 1 amide bonds. The first-order valence-electron chi connectivity index (χ1n) is 9.74. The van der Waals surface area contributed by atoms with Gasteiger partial charge in [-0.05, 0) is 38.9 Å². The van der Waals surface area contributed by atoms with Crippen LogP contribution in [0.1, 0.15) is 30.0 Å². The molecule has 0 radical (unpaired) electrons. The van der Waals surface area contributed by atoms with Crippen LogP contribution in [0.15, 0.2) is 30.5 Å². The molecule has 8 heteroatoms. The first kappa shape index (κ1) is 18.5. The molecule has 0 spiro atoms. The lowest BCUT2D eigenvalue weighted by Crippen LogP contribution is -2.50. The van der Waals surface area contributed by atoms with Crippen molar-refractivity contribution >= 4 is 22.8 Å². The normalized spacial score (nSPS) is 19.1. The summed E-state index contributed by atoms with van der Waals surface area (Å²) in [7, 11) is 2.12. The van der Waals surface area contributed by atoms with Gasteiger partial charge in [0.25, 0.3) is 5.91 Å². The summed E-state index contributed by atoms with van der Waals surface area (Å²) in [6, 6.07) is 8.59. The van der Waals surface area contributed by atoms with E-state index < -0.39 is 0 Å². The van der Waals surface area contributed by atoms with E-state index in [0.29, 0.717) is 12.0 Å². The van der Waals surface area contributed by atoms with Gasteiger partial charge in [0.05, 0.1) is 0 Å². The van der Waals surface area contributed by atoms with Crippen LogP contribution in [0, 0.1) is 0 Å². The monoisotopic (exact) mass is 381 g/mol. The Morgan fingerprint density at radius 2 is 2.18 bits per heavy atom. The van der Waals surface area contributed by atoms with E-state index in [4.69, 9.17) is 0 Å². The molecule has 8 nitrogen and oxygen atoms in total. The molecular formula is C20H27N7O. The van der Waals surface area contributed by atoms with Crippen molar-refractivity contribution in [2.24, 2.45) is 0 Å². The predicted molar refractivity (Wildman–Crippen MR) is 110 cm³/mol. The summed E-state index contributed by atoms with van der Waals surface area (Å²) in [6.45, 7) is 6.85. The molecule has 3 N–H and O–H groups in total. The van der Waals surface area contributed by atoms with Crippen LogP contribution in [-0.4, -0.2) is 69.7 Å². The highest BCUT2D eigenvalue weighted by atomic mass is 16.2. The lowest BCUT2D eigenvalue weighted by molar-refractivity contribution is 0.0930. The van der Waals surface area contributed by atoms with E-state index in [1.165, 1.54) is 10.9 Å². The Hall–Kier alpha value is -2.87. The molecule has 1 aromatic carbocycles. The average molecular weight is 381 g/mol. The number of hydrogen-bond donors (Lipinski definition) is 3. The molecule has 1 aliphatic heterocycles. The van der Waals surface area contributed by atoms with Crippen molar-refractivity contribution in [1.29, 1.82) is 0 Å². The number of carbonyl (C=O) groups excluding carboxylic acids is 1. The minimum absolute atomic E-state index is 0.0242. The van der Waals surface area contributed by atoms with E-state index in [0.717, 1.165) is 31.6 Å². The number of carbonyl (C=O) groups is 1. The number of benzene rings is 1. The minimum atomic E-state index is -0.228. The number of aromatic amines is 2. The van der Waals surface area contributed by atoms with Crippen molar-refractivity contribution < 1.29 is 4.79 Å². The highest BCUT2D eigenvalue weighted by molar-refractivity contribution is 5.91. The number of piperazine rings is 1. The zero-order chi connectivity index (χ0) is 19.7. The predicted octanol–water partition coefficient (Wildman–Crippen LogP) is 1.79. The maximum atomic E-state index is 12.6. The quantitative estimate of drug-likeness (QED) is 0.627. The summed E-state index contributed by atoms with van der Waals surface area (Å²) in [5.74, 6) is 0.620. The van der Waals surface area contributed by atoms with Crippen LogP contribution in [0.4, 0.5) is 5.95 Å². The Morgan fingerprint density at radius 1 is 1.36 bits per heavy atom. The van der Waals surface area contributed by atoms with Crippen molar-refractivity contribution in [3.8, 4) is 0 Å². The van der Waals surface area contributed by atoms with Crippen LogP contribution in [0.2, 0.25) is 0 Å². The van der Waals surface area contributed by atoms with Crippen LogP contribution in [0.5, 0.6) is 0 Å². The number of nitrogens with zero attached hydrogens (tertiary/aromatic N) is 4. The number of rotatable bonds is 5. The number of aromatic nitrogens is 4. The molecule has 0 aliphatic carbocycles. The molecule has 1 fully saturated rings. The largest absolute Gasteiger partial charge is 0.361 e. The molecule has 148 valence electrons. The number of fused-ring (bicyclic) bond motifs is 1. The van der Waals surface area contributed by atoms with Crippen LogP contribution in [0.25, 0.3) is 10.9 Å². The smallest absolute Gasteiger partial charge is 0.288 e.